The second-order valence-corrected chi connectivity index (χ2v) is 10.4. The molecule has 0 aliphatic heterocycles. The normalized spacial score (nSPS) is 13.0. The number of benzene rings is 1. The third-order valence-electron chi connectivity index (χ3n) is 1.96. The molecule has 0 aromatic heterocycles. The highest BCUT2D eigenvalue weighted by Crippen LogP contribution is 2.34. The topological polar surface area (TPSA) is 0 Å². The molecule has 6 heteroatoms. The number of hydrogen-bond donors (Lipinski definition) is 0. The summed E-state index contributed by atoms with van der Waals surface area (Å²) in [5, 5.41) is 0.238. The molecule has 0 aliphatic rings. The Morgan fingerprint density at radius 3 is 2.13 bits per heavy atom. The molecule has 1 aromatic rings. The van der Waals surface area contributed by atoms with Gasteiger partial charge in [-0.25, -0.2) is 0 Å². The quantitative estimate of drug-likeness (QED) is 0.535. The smallest absolute Gasteiger partial charge is 0.166 e. The van der Waals surface area contributed by atoms with E-state index in [1.807, 2.05) is 0 Å². The molecule has 0 nitrogen and oxygen atoms in total. The molecular formula is C9H9Cl2F3Si. The van der Waals surface area contributed by atoms with E-state index in [0.29, 0.717) is 5.19 Å². The van der Waals surface area contributed by atoms with Crippen molar-refractivity contribution in [1.29, 1.82) is 0 Å². The Balaban J connectivity index is 3.30. The third kappa shape index (κ3) is 3.13. The average molecular weight is 273 g/mol. The molecule has 0 unspecified atom stereocenters. The monoisotopic (exact) mass is 272 g/mol. The van der Waals surface area contributed by atoms with Gasteiger partial charge >= 0.3 is 6.18 Å². The van der Waals surface area contributed by atoms with Crippen LogP contribution in [-0.2, 0) is 6.18 Å². The number of halogens is 5. The van der Waals surface area contributed by atoms with Crippen LogP contribution in [0.4, 0.5) is 13.2 Å². The van der Waals surface area contributed by atoms with E-state index < -0.39 is 19.1 Å². The lowest BCUT2D eigenvalue weighted by molar-refractivity contribution is -0.137. The molecule has 1 rings (SSSR count). The summed E-state index contributed by atoms with van der Waals surface area (Å²) in [5.41, 5.74) is -0.817. The summed E-state index contributed by atoms with van der Waals surface area (Å²) in [7, 11) is -2.25. The minimum Gasteiger partial charge on any atom is -0.166 e. The lowest BCUT2D eigenvalue weighted by atomic mass is 10.2. The maximum Gasteiger partial charge on any atom is 0.417 e. The standard InChI is InChI=1S/C9H9Cl2F3Si/c1-15(2,11)6-3-4-8(10)7(5-6)9(12,13)14/h3-5H,1-2H3. The van der Waals surface area contributed by atoms with Gasteiger partial charge in [0.1, 0.15) is 0 Å². The van der Waals surface area contributed by atoms with Crippen molar-refractivity contribution in [2.24, 2.45) is 0 Å². The zero-order valence-corrected chi connectivity index (χ0v) is 10.6. The summed E-state index contributed by atoms with van der Waals surface area (Å²) >= 11 is 11.5. The van der Waals surface area contributed by atoms with E-state index in [0.717, 1.165) is 6.07 Å². The van der Waals surface area contributed by atoms with E-state index in [1.165, 1.54) is 6.07 Å². The molecule has 0 bridgehead atoms. The molecule has 0 radical (unpaired) electrons. The molecule has 0 saturated heterocycles. The van der Waals surface area contributed by atoms with Crippen LogP contribution in [0.5, 0.6) is 0 Å². The number of rotatable bonds is 1. The SMILES string of the molecule is C[Si](C)(Cl)c1ccc(Cl)c(C(F)(F)F)c1. The van der Waals surface area contributed by atoms with Gasteiger partial charge in [-0.15, -0.1) is 0 Å². The number of hydrogen-bond acceptors (Lipinski definition) is 0. The van der Waals surface area contributed by atoms with Crippen molar-refractivity contribution in [3.05, 3.63) is 28.8 Å². The fraction of sp³-hybridized carbons (Fsp3) is 0.333. The Bertz CT molecular complexity index is 369. The summed E-state index contributed by atoms with van der Waals surface area (Å²) in [6, 6.07) is 3.84. The summed E-state index contributed by atoms with van der Waals surface area (Å²) in [6.07, 6.45) is -4.43. The minimum absolute atomic E-state index is 0.291. The third-order valence-corrected chi connectivity index (χ3v) is 4.63. The summed E-state index contributed by atoms with van der Waals surface area (Å²) in [6.45, 7) is 3.52. The van der Waals surface area contributed by atoms with Crippen molar-refractivity contribution in [1.82, 2.24) is 0 Å². The molecule has 0 fully saturated rings. The number of alkyl halides is 3. The van der Waals surface area contributed by atoms with Gasteiger partial charge in [0.05, 0.1) is 10.6 Å². The van der Waals surface area contributed by atoms with Gasteiger partial charge < -0.3 is 0 Å². The van der Waals surface area contributed by atoms with E-state index in [-0.39, 0.29) is 5.02 Å². The molecule has 0 N–H and O–H groups in total. The van der Waals surface area contributed by atoms with Crippen LogP contribution < -0.4 is 5.19 Å². The molecule has 0 amide bonds. The Morgan fingerprint density at radius 1 is 1.20 bits per heavy atom. The molecule has 1 aromatic carbocycles. The Labute approximate surface area is 96.7 Å². The van der Waals surface area contributed by atoms with E-state index in [9.17, 15) is 13.2 Å². The molecule has 15 heavy (non-hydrogen) atoms. The maximum atomic E-state index is 12.5. The molecular weight excluding hydrogens is 264 g/mol. The zero-order valence-electron chi connectivity index (χ0n) is 8.12. The molecule has 0 spiro atoms. The van der Waals surface area contributed by atoms with Crippen molar-refractivity contribution in [2.75, 3.05) is 0 Å². The summed E-state index contributed by atoms with van der Waals surface area (Å²) < 4.78 is 37.5. The summed E-state index contributed by atoms with van der Waals surface area (Å²) in [4.78, 5) is 0. The van der Waals surface area contributed by atoms with Gasteiger partial charge in [0.25, 0.3) is 0 Å². The minimum atomic E-state index is -4.43. The van der Waals surface area contributed by atoms with Crippen LogP contribution in [0, 0.1) is 0 Å². The van der Waals surface area contributed by atoms with E-state index in [2.05, 4.69) is 0 Å². The highest BCUT2D eigenvalue weighted by atomic mass is 35.6. The highest BCUT2D eigenvalue weighted by molar-refractivity contribution is 7.26. The molecule has 0 saturated carbocycles. The van der Waals surface area contributed by atoms with Crippen molar-refractivity contribution in [2.45, 2.75) is 19.3 Å². The lowest BCUT2D eigenvalue weighted by Crippen LogP contribution is -2.35. The fourth-order valence-corrected chi connectivity index (χ4v) is 2.66. The van der Waals surface area contributed by atoms with E-state index in [4.69, 9.17) is 22.7 Å². The Morgan fingerprint density at radius 2 is 1.73 bits per heavy atom. The van der Waals surface area contributed by atoms with E-state index >= 15 is 0 Å². The molecule has 0 heterocycles. The Hall–Kier alpha value is -0.193. The van der Waals surface area contributed by atoms with Crippen molar-refractivity contribution in [3.63, 3.8) is 0 Å². The van der Waals surface area contributed by atoms with Crippen molar-refractivity contribution < 1.29 is 13.2 Å². The maximum absolute atomic E-state index is 12.5. The highest BCUT2D eigenvalue weighted by Gasteiger charge is 2.34. The first-order valence-electron chi connectivity index (χ1n) is 4.18. The molecule has 84 valence electrons. The van der Waals surface area contributed by atoms with Crippen molar-refractivity contribution in [3.8, 4) is 0 Å². The van der Waals surface area contributed by atoms with Crippen LogP contribution in [0.15, 0.2) is 18.2 Å². The van der Waals surface area contributed by atoms with Gasteiger partial charge in [-0.2, -0.15) is 24.3 Å². The molecule has 0 aliphatic carbocycles. The van der Waals surface area contributed by atoms with Crippen LogP contribution in [0.25, 0.3) is 0 Å². The van der Waals surface area contributed by atoms with Gasteiger partial charge in [-0.1, -0.05) is 30.8 Å². The predicted molar refractivity (Wildman–Crippen MR) is 59.4 cm³/mol. The van der Waals surface area contributed by atoms with Gasteiger partial charge in [0.2, 0.25) is 0 Å². The van der Waals surface area contributed by atoms with Crippen molar-refractivity contribution >= 4 is 35.3 Å². The van der Waals surface area contributed by atoms with E-state index in [1.54, 1.807) is 19.2 Å². The fourth-order valence-electron chi connectivity index (χ4n) is 1.11. The van der Waals surface area contributed by atoms with Crippen LogP contribution in [0.3, 0.4) is 0 Å². The van der Waals surface area contributed by atoms with Crippen LogP contribution in [0.2, 0.25) is 18.1 Å². The second-order valence-electron chi connectivity index (χ2n) is 3.66. The average Bonchev–Trinajstić information content (AvgIpc) is 2.00. The first kappa shape index (κ1) is 12.9. The van der Waals surface area contributed by atoms with Crippen LogP contribution >= 0.6 is 22.7 Å². The van der Waals surface area contributed by atoms with Gasteiger partial charge in [-0.05, 0) is 17.3 Å². The predicted octanol–water partition coefficient (Wildman–Crippen LogP) is 4.01. The van der Waals surface area contributed by atoms with Crippen LogP contribution in [0.1, 0.15) is 5.56 Å². The Kier molecular flexibility index (Phi) is 3.43. The zero-order chi connectivity index (χ0) is 11.9. The first-order chi connectivity index (χ1) is 6.62. The lowest BCUT2D eigenvalue weighted by Gasteiger charge is -2.16. The molecule has 0 atom stereocenters. The van der Waals surface area contributed by atoms with Gasteiger partial charge in [0.15, 0.2) is 7.38 Å². The summed E-state index contributed by atoms with van der Waals surface area (Å²) in [5.74, 6) is 0. The van der Waals surface area contributed by atoms with Crippen LogP contribution in [-0.4, -0.2) is 7.38 Å². The largest absolute Gasteiger partial charge is 0.417 e. The first-order valence-corrected chi connectivity index (χ1v) is 8.57. The van der Waals surface area contributed by atoms with Gasteiger partial charge in [0, 0.05) is 0 Å². The van der Waals surface area contributed by atoms with Gasteiger partial charge in [-0.3, -0.25) is 0 Å². The second kappa shape index (κ2) is 4.00.